The first-order valence-electron chi connectivity index (χ1n) is 3.33. The Morgan fingerprint density at radius 1 is 1.54 bits per heavy atom. The SMILES string of the molecule is O=C(O)CNC(=O)c1cscc1Br. The molecule has 1 aromatic rings. The average molecular weight is 264 g/mol. The first kappa shape index (κ1) is 10.2. The summed E-state index contributed by atoms with van der Waals surface area (Å²) in [5, 5.41) is 14.0. The second-order valence-corrected chi connectivity index (χ2v) is 3.81. The second kappa shape index (κ2) is 4.38. The third kappa shape index (κ3) is 2.82. The Bertz CT molecular complexity index is 336. The van der Waals surface area contributed by atoms with Crippen molar-refractivity contribution in [2.45, 2.75) is 0 Å². The molecule has 2 N–H and O–H groups in total. The molecule has 1 aromatic heterocycles. The molecule has 1 heterocycles. The molecule has 0 aromatic carbocycles. The predicted molar refractivity (Wildman–Crippen MR) is 52.0 cm³/mol. The Morgan fingerprint density at radius 2 is 2.23 bits per heavy atom. The van der Waals surface area contributed by atoms with Gasteiger partial charge in [-0.05, 0) is 15.9 Å². The molecule has 0 saturated carbocycles. The summed E-state index contributed by atoms with van der Waals surface area (Å²) in [6.45, 7) is -0.360. The maximum absolute atomic E-state index is 11.2. The van der Waals surface area contributed by atoms with E-state index in [-0.39, 0.29) is 12.5 Å². The van der Waals surface area contributed by atoms with E-state index in [0.29, 0.717) is 10.0 Å². The molecular weight excluding hydrogens is 258 g/mol. The lowest BCUT2D eigenvalue weighted by molar-refractivity contribution is -0.135. The van der Waals surface area contributed by atoms with Gasteiger partial charge in [0.2, 0.25) is 0 Å². The van der Waals surface area contributed by atoms with E-state index in [1.54, 1.807) is 10.8 Å². The number of thiophene rings is 1. The van der Waals surface area contributed by atoms with Crippen molar-refractivity contribution in [2.24, 2.45) is 0 Å². The van der Waals surface area contributed by atoms with Crippen molar-refractivity contribution < 1.29 is 14.7 Å². The second-order valence-electron chi connectivity index (χ2n) is 2.21. The molecule has 6 heteroatoms. The third-order valence-electron chi connectivity index (χ3n) is 1.26. The zero-order valence-electron chi connectivity index (χ0n) is 6.41. The molecule has 0 unspecified atom stereocenters. The van der Waals surface area contributed by atoms with Gasteiger partial charge in [-0.2, -0.15) is 11.3 Å². The highest BCUT2D eigenvalue weighted by Gasteiger charge is 2.10. The van der Waals surface area contributed by atoms with Crippen LogP contribution in [-0.2, 0) is 4.79 Å². The minimum absolute atomic E-state index is 0.360. The lowest BCUT2D eigenvalue weighted by Gasteiger charge is -1.99. The van der Waals surface area contributed by atoms with Crippen molar-refractivity contribution in [3.63, 3.8) is 0 Å². The van der Waals surface area contributed by atoms with Crippen molar-refractivity contribution >= 4 is 39.1 Å². The summed E-state index contributed by atoms with van der Waals surface area (Å²) in [5.41, 5.74) is 0.464. The molecular formula is C7H6BrNO3S. The van der Waals surface area contributed by atoms with Gasteiger partial charge < -0.3 is 10.4 Å². The number of carbonyl (C=O) groups excluding carboxylic acids is 1. The summed E-state index contributed by atoms with van der Waals surface area (Å²) in [6, 6.07) is 0. The molecule has 0 aliphatic rings. The standard InChI is InChI=1S/C7H6BrNO3S/c8-5-3-13-2-4(5)7(12)9-1-6(10)11/h2-3H,1H2,(H,9,12)(H,10,11). The quantitative estimate of drug-likeness (QED) is 0.865. The fourth-order valence-electron chi connectivity index (χ4n) is 0.695. The van der Waals surface area contributed by atoms with Crippen molar-refractivity contribution in [1.82, 2.24) is 5.32 Å². The summed E-state index contributed by atoms with van der Waals surface area (Å²) in [4.78, 5) is 21.4. The van der Waals surface area contributed by atoms with Gasteiger partial charge in [0.25, 0.3) is 5.91 Å². The van der Waals surface area contributed by atoms with Crippen LogP contribution in [0.5, 0.6) is 0 Å². The summed E-state index contributed by atoms with van der Waals surface area (Å²) < 4.78 is 0.681. The van der Waals surface area contributed by atoms with Gasteiger partial charge in [0.15, 0.2) is 0 Å². The van der Waals surface area contributed by atoms with E-state index in [0.717, 1.165) is 0 Å². The Morgan fingerprint density at radius 3 is 2.69 bits per heavy atom. The summed E-state index contributed by atoms with van der Waals surface area (Å²) in [5.74, 6) is -1.43. The maximum Gasteiger partial charge on any atom is 0.322 e. The zero-order chi connectivity index (χ0) is 9.84. The first-order valence-corrected chi connectivity index (χ1v) is 5.06. The van der Waals surface area contributed by atoms with Gasteiger partial charge in [0, 0.05) is 15.2 Å². The van der Waals surface area contributed by atoms with Crippen LogP contribution >= 0.6 is 27.3 Å². The van der Waals surface area contributed by atoms with Crippen LogP contribution in [0.1, 0.15) is 10.4 Å². The van der Waals surface area contributed by atoms with Gasteiger partial charge >= 0.3 is 5.97 Å². The van der Waals surface area contributed by atoms with Crippen LogP contribution in [0.4, 0.5) is 0 Å². The summed E-state index contributed by atoms with van der Waals surface area (Å²) in [6.07, 6.45) is 0. The Balaban J connectivity index is 2.59. The van der Waals surface area contributed by atoms with E-state index < -0.39 is 5.97 Å². The number of nitrogens with one attached hydrogen (secondary N) is 1. The van der Waals surface area contributed by atoms with Crippen LogP contribution in [0.3, 0.4) is 0 Å². The lowest BCUT2D eigenvalue weighted by atomic mass is 10.3. The number of carboxylic acid groups (broad SMARTS) is 1. The molecule has 1 rings (SSSR count). The molecule has 0 aliphatic carbocycles. The molecule has 0 radical (unpaired) electrons. The molecule has 4 nitrogen and oxygen atoms in total. The zero-order valence-corrected chi connectivity index (χ0v) is 8.81. The molecule has 0 atom stereocenters. The number of halogens is 1. The van der Waals surface area contributed by atoms with E-state index in [1.165, 1.54) is 11.3 Å². The van der Waals surface area contributed by atoms with Crippen LogP contribution in [-0.4, -0.2) is 23.5 Å². The maximum atomic E-state index is 11.2. The predicted octanol–water partition coefficient (Wildman–Crippen LogP) is 1.32. The van der Waals surface area contributed by atoms with Crippen molar-refractivity contribution in [2.75, 3.05) is 6.54 Å². The van der Waals surface area contributed by atoms with Crippen molar-refractivity contribution in [3.05, 3.63) is 20.8 Å². The lowest BCUT2D eigenvalue weighted by Crippen LogP contribution is -2.29. The molecule has 0 fully saturated rings. The van der Waals surface area contributed by atoms with Gasteiger partial charge in [0.05, 0.1) is 5.56 Å². The number of rotatable bonds is 3. The van der Waals surface area contributed by atoms with Crippen LogP contribution in [0, 0.1) is 0 Å². The summed E-state index contributed by atoms with van der Waals surface area (Å²) >= 11 is 4.55. The number of carboxylic acids is 1. The fourth-order valence-corrected chi connectivity index (χ4v) is 2.15. The molecule has 70 valence electrons. The Hall–Kier alpha value is -0.880. The monoisotopic (exact) mass is 263 g/mol. The van der Waals surface area contributed by atoms with Crippen molar-refractivity contribution in [3.8, 4) is 0 Å². The molecule has 13 heavy (non-hydrogen) atoms. The van der Waals surface area contributed by atoms with E-state index in [2.05, 4.69) is 21.2 Å². The van der Waals surface area contributed by atoms with E-state index >= 15 is 0 Å². The largest absolute Gasteiger partial charge is 0.480 e. The number of carbonyl (C=O) groups is 2. The van der Waals surface area contributed by atoms with Crippen LogP contribution in [0.2, 0.25) is 0 Å². The van der Waals surface area contributed by atoms with Gasteiger partial charge in [-0.25, -0.2) is 0 Å². The molecule has 0 saturated heterocycles. The smallest absolute Gasteiger partial charge is 0.322 e. The van der Waals surface area contributed by atoms with Crippen molar-refractivity contribution in [1.29, 1.82) is 0 Å². The Labute approximate surface area is 86.7 Å². The highest BCUT2D eigenvalue weighted by Crippen LogP contribution is 2.20. The van der Waals surface area contributed by atoms with Crippen LogP contribution in [0.15, 0.2) is 15.2 Å². The highest BCUT2D eigenvalue weighted by molar-refractivity contribution is 9.10. The highest BCUT2D eigenvalue weighted by atomic mass is 79.9. The topological polar surface area (TPSA) is 66.4 Å². The van der Waals surface area contributed by atoms with Gasteiger partial charge in [0.1, 0.15) is 6.54 Å². The fraction of sp³-hybridized carbons (Fsp3) is 0.143. The van der Waals surface area contributed by atoms with Crippen LogP contribution in [0.25, 0.3) is 0 Å². The normalized spacial score (nSPS) is 9.62. The third-order valence-corrected chi connectivity index (χ3v) is 2.96. The van der Waals surface area contributed by atoms with E-state index in [9.17, 15) is 9.59 Å². The molecule has 0 aliphatic heterocycles. The first-order chi connectivity index (χ1) is 6.11. The number of hydrogen-bond acceptors (Lipinski definition) is 3. The number of amides is 1. The van der Waals surface area contributed by atoms with E-state index in [1.807, 2.05) is 0 Å². The number of aliphatic carboxylic acids is 1. The van der Waals surface area contributed by atoms with Crippen LogP contribution < -0.4 is 5.32 Å². The van der Waals surface area contributed by atoms with Gasteiger partial charge in [-0.1, -0.05) is 0 Å². The van der Waals surface area contributed by atoms with Gasteiger partial charge in [-0.15, -0.1) is 0 Å². The Kier molecular flexibility index (Phi) is 3.44. The minimum atomic E-state index is -1.06. The molecule has 0 bridgehead atoms. The average Bonchev–Trinajstić information content (AvgIpc) is 2.47. The minimum Gasteiger partial charge on any atom is -0.480 e. The molecule has 0 spiro atoms. The van der Waals surface area contributed by atoms with E-state index in [4.69, 9.17) is 5.11 Å². The summed E-state index contributed by atoms with van der Waals surface area (Å²) in [7, 11) is 0. The number of hydrogen-bond donors (Lipinski definition) is 2. The molecule has 1 amide bonds. The van der Waals surface area contributed by atoms with Gasteiger partial charge in [-0.3, -0.25) is 9.59 Å².